The van der Waals surface area contributed by atoms with Crippen molar-refractivity contribution in [3.63, 3.8) is 0 Å². The van der Waals surface area contributed by atoms with Gasteiger partial charge in [-0.15, -0.1) is 0 Å². The molecule has 0 radical (unpaired) electrons. The Balaban J connectivity index is 1.90. The van der Waals surface area contributed by atoms with Gasteiger partial charge < -0.3 is 5.32 Å². The largest absolute Gasteiger partial charge is 0.324 e. The van der Waals surface area contributed by atoms with E-state index in [2.05, 4.69) is 10.4 Å². The molecule has 1 heterocycles. The summed E-state index contributed by atoms with van der Waals surface area (Å²) in [7, 11) is 0. The molecule has 3 rings (SSSR count). The number of nitrogens with one attached hydrogen (secondary N) is 1. The summed E-state index contributed by atoms with van der Waals surface area (Å²) in [5.41, 5.74) is 0.628. The van der Waals surface area contributed by atoms with Crippen molar-refractivity contribution in [3.8, 4) is 6.07 Å². The molecule has 3 aromatic rings. The van der Waals surface area contributed by atoms with Crippen LogP contribution in [0.2, 0.25) is 0 Å². The lowest BCUT2D eigenvalue weighted by Gasteiger charge is -2.14. The number of nitriles is 1. The van der Waals surface area contributed by atoms with Crippen LogP contribution in [0.25, 0.3) is 10.8 Å². The quantitative estimate of drug-likeness (QED) is 0.803. The first kappa shape index (κ1) is 15.4. The van der Waals surface area contributed by atoms with Gasteiger partial charge in [0.15, 0.2) is 0 Å². The molecule has 0 saturated heterocycles. The average molecular weight is 318 g/mol. The third-order valence-electron chi connectivity index (χ3n) is 3.73. The first-order chi connectivity index (χ1) is 11.6. The summed E-state index contributed by atoms with van der Waals surface area (Å²) in [5.74, 6) is -0.380. The van der Waals surface area contributed by atoms with Gasteiger partial charge in [-0.05, 0) is 31.2 Å². The summed E-state index contributed by atoms with van der Waals surface area (Å²) in [6.07, 6.45) is 1.57. The van der Waals surface area contributed by atoms with Gasteiger partial charge in [-0.1, -0.05) is 24.3 Å². The fourth-order valence-electron chi connectivity index (χ4n) is 2.40. The Kier molecular flexibility index (Phi) is 4.08. The first-order valence-corrected chi connectivity index (χ1v) is 7.38. The summed E-state index contributed by atoms with van der Waals surface area (Å²) in [6, 6.07) is 14.9. The summed E-state index contributed by atoms with van der Waals surface area (Å²) < 4.78 is 1.16. The second-order valence-electron chi connectivity index (χ2n) is 5.34. The minimum absolute atomic E-state index is 0.318. The van der Waals surface area contributed by atoms with E-state index in [1.807, 2.05) is 12.1 Å². The van der Waals surface area contributed by atoms with Crippen LogP contribution in [-0.2, 0) is 4.79 Å². The number of benzene rings is 2. The summed E-state index contributed by atoms with van der Waals surface area (Å²) >= 11 is 0. The molecule has 0 aliphatic carbocycles. The molecule has 0 fully saturated rings. The van der Waals surface area contributed by atoms with Crippen molar-refractivity contribution in [3.05, 3.63) is 70.6 Å². The third-order valence-corrected chi connectivity index (χ3v) is 3.73. The van der Waals surface area contributed by atoms with E-state index in [1.54, 1.807) is 55.6 Å². The predicted molar refractivity (Wildman–Crippen MR) is 90.5 cm³/mol. The zero-order valence-electron chi connectivity index (χ0n) is 12.9. The molecule has 0 aliphatic rings. The number of anilines is 1. The van der Waals surface area contributed by atoms with Gasteiger partial charge in [0.1, 0.15) is 6.04 Å². The van der Waals surface area contributed by atoms with Crippen LogP contribution in [0.15, 0.2) is 59.5 Å². The summed E-state index contributed by atoms with van der Waals surface area (Å²) in [4.78, 5) is 24.9. The van der Waals surface area contributed by atoms with Gasteiger partial charge >= 0.3 is 0 Å². The highest BCUT2D eigenvalue weighted by Gasteiger charge is 2.18. The Bertz CT molecular complexity index is 1020. The molecule has 24 heavy (non-hydrogen) atoms. The molecule has 0 unspecified atom stereocenters. The Morgan fingerprint density at radius 3 is 2.83 bits per heavy atom. The van der Waals surface area contributed by atoms with E-state index in [1.165, 1.54) is 0 Å². The predicted octanol–water partition coefficient (Wildman–Crippen LogP) is 2.47. The molecule has 0 spiro atoms. The number of hydrogen-bond donors (Lipinski definition) is 1. The molecule has 1 atom stereocenters. The van der Waals surface area contributed by atoms with Crippen molar-refractivity contribution in [1.29, 1.82) is 5.26 Å². The van der Waals surface area contributed by atoms with E-state index >= 15 is 0 Å². The standard InChI is InChI=1S/C18H14N4O2/c1-12(17(23)21-15-7-4-5-13(9-15)10-19)22-18(24)16-8-3-2-6-14(16)11-20-22/h2-9,11-12H,1H3,(H,21,23)/t12-/m0/s1. The smallest absolute Gasteiger partial charge is 0.275 e. The van der Waals surface area contributed by atoms with Crippen molar-refractivity contribution in [2.45, 2.75) is 13.0 Å². The van der Waals surface area contributed by atoms with E-state index in [-0.39, 0.29) is 11.5 Å². The van der Waals surface area contributed by atoms with Crippen molar-refractivity contribution < 1.29 is 4.79 Å². The van der Waals surface area contributed by atoms with E-state index in [9.17, 15) is 9.59 Å². The zero-order valence-corrected chi connectivity index (χ0v) is 12.9. The molecule has 0 bridgehead atoms. The molecule has 1 N–H and O–H groups in total. The number of amides is 1. The van der Waals surface area contributed by atoms with Crippen LogP contribution in [0.1, 0.15) is 18.5 Å². The van der Waals surface area contributed by atoms with Crippen LogP contribution in [-0.4, -0.2) is 15.7 Å². The average Bonchev–Trinajstić information content (AvgIpc) is 2.62. The third kappa shape index (κ3) is 2.88. The Morgan fingerprint density at radius 2 is 2.04 bits per heavy atom. The van der Waals surface area contributed by atoms with Crippen LogP contribution in [0, 0.1) is 11.3 Å². The van der Waals surface area contributed by atoms with Crippen molar-refractivity contribution in [2.24, 2.45) is 0 Å². The topological polar surface area (TPSA) is 87.8 Å². The number of nitrogens with zero attached hydrogens (tertiary/aromatic N) is 3. The van der Waals surface area contributed by atoms with Crippen LogP contribution in [0.5, 0.6) is 0 Å². The van der Waals surface area contributed by atoms with Crippen molar-refractivity contribution in [1.82, 2.24) is 9.78 Å². The van der Waals surface area contributed by atoms with E-state index in [0.29, 0.717) is 16.6 Å². The van der Waals surface area contributed by atoms with Gasteiger partial charge in [-0.25, -0.2) is 4.68 Å². The number of fused-ring (bicyclic) bond motifs is 1. The monoisotopic (exact) mass is 318 g/mol. The van der Waals surface area contributed by atoms with Gasteiger partial charge in [-0.2, -0.15) is 10.4 Å². The van der Waals surface area contributed by atoms with Gasteiger partial charge in [-0.3, -0.25) is 9.59 Å². The molecule has 1 aromatic heterocycles. The Morgan fingerprint density at radius 1 is 1.25 bits per heavy atom. The van der Waals surface area contributed by atoms with Crippen LogP contribution >= 0.6 is 0 Å². The Hall–Kier alpha value is -3.46. The number of aromatic nitrogens is 2. The minimum atomic E-state index is -0.784. The molecular weight excluding hydrogens is 304 g/mol. The summed E-state index contributed by atoms with van der Waals surface area (Å²) in [6.45, 7) is 1.60. The zero-order chi connectivity index (χ0) is 17.1. The van der Waals surface area contributed by atoms with Crippen molar-refractivity contribution >= 4 is 22.4 Å². The molecular formula is C18H14N4O2. The molecule has 6 heteroatoms. The highest BCUT2D eigenvalue weighted by Crippen LogP contribution is 2.13. The molecule has 2 aromatic carbocycles. The maximum atomic E-state index is 12.5. The normalized spacial score (nSPS) is 11.7. The maximum Gasteiger partial charge on any atom is 0.275 e. The second-order valence-corrected chi connectivity index (χ2v) is 5.34. The number of carbonyl (C=O) groups excluding carboxylic acids is 1. The number of carbonyl (C=O) groups is 1. The fraction of sp³-hybridized carbons (Fsp3) is 0.111. The van der Waals surface area contributed by atoms with Crippen molar-refractivity contribution in [2.75, 3.05) is 5.32 Å². The number of rotatable bonds is 3. The lowest BCUT2D eigenvalue weighted by Crippen LogP contribution is -2.33. The molecule has 0 saturated carbocycles. The van der Waals surface area contributed by atoms with Crippen LogP contribution in [0.3, 0.4) is 0 Å². The number of hydrogen-bond acceptors (Lipinski definition) is 4. The van der Waals surface area contributed by atoms with Crippen LogP contribution in [0.4, 0.5) is 5.69 Å². The summed E-state index contributed by atoms with van der Waals surface area (Å²) in [5, 5.41) is 16.9. The first-order valence-electron chi connectivity index (χ1n) is 7.38. The van der Waals surface area contributed by atoms with Gasteiger partial charge in [0.05, 0.1) is 23.2 Å². The highest BCUT2D eigenvalue weighted by atomic mass is 16.2. The lowest BCUT2D eigenvalue weighted by atomic mass is 10.2. The van der Waals surface area contributed by atoms with Gasteiger partial charge in [0.25, 0.3) is 5.56 Å². The fourth-order valence-corrected chi connectivity index (χ4v) is 2.40. The lowest BCUT2D eigenvalue weighted by molar-refractivity contribution is -0.119. The highest BCUT2D eigenvalue weighted by molar-refractivity contribution is 5.93. The van der Waals surface area contributed by atoms with E-state index < -0.39 is 6.04 Å². The van der Waals surface area contributed by atoms with Gasteiger partial charge in [0.2, 0.25) is 5.91 Å². The molecule has 118 valence electrons. The molecule has 0 aliphatic heterocycles. The SMILES string of the molecule is C[C@@H](C(=O)Nc1cccc(C#N)c1)n1ncc2ccccc2c1=O. The van der Waals surface area contributed by atoms with Gasteiger partial charge in [0, 0.05) is 11.1 Å². The minimum Gasteiger partial charge on any atom is -0.324 e. The van der Waals surface area contributed by atoms with E-state index in [4.69, 9.17) is 5.26 Å². The maximum absolute atomic E-state index is 12.5. The van der Waals surface area contributed by atoms with Crippen LogP contribution < -0.4 is 10.9 Å². The Labute approximate surface area is 138 Å². The van der Waals surface area contributed by atoms with E-state index in [0.717, 1.165) is 10.1 Å². The molecule has 6 nitrogen and oxygen atoms in total. The second kappa shape index (κ2) is 6.34. The molecule has 1 amide bonds.